The fourth-order valence-electron chi connectivity index (χ4n) is 3.72. The van der Waals surface area contributed by atoms with Gasteiger partial charge in [0.2, 0.25) is 5.91 Å². The van der Waals surface area contributed by atoms with Crippen LogP contribution in [-0.2, 0) is 20.7 Å². The number of carbonyl (C=O) groups is 2. The number of nitrogens with zero attached hydrogens (tertiary/aromatic N) is 1. The molecule has 2 N–H and O–H groups in total. The van der Waals surface area contributed by atoms with Crippen molar-refractivity contribution < 1.29 is 19.1 Å². The molecule has 7 heteroatoms. The SMILES string of the molecule is CC(=O)OCCN1CCNCC1CCCOc1cccc2c1CCC(=O)N2. The molecular weight excluding hydrogens is 346 g/mol. The first-order chi connectivity index (χ1) is 13.1. The van der Waals surface area contributed by atoms with Crippen molar-refractivity contribution in [3.63, 3.8) is 0 Å². The topological polar surface area (TPSA) is 79.9 Å². The van der Waals surface area contributed by atoms with E-state index in [2.05, 4.69) is 15.5 Å². The van der Waals surface area contributed by atoms with Crippen LogP contribution in [0.15, 0.2) is 18.2 Å². The molecule has 1 atom stereocenters. The van der Waals surface area contributed by atoms with Crippen LogP contribution in [0.5, 0.6) is 5.75 Å². The maximum absolute atomic E-state index is 11.5. The van der Waals surface area contributed by atoms with E-state index in [1.54, 1.807) is 0 Å². The summed E-state index contributed by atoms with van der Waals surface area (Å²) in [6.45, 7) is 6.21. The molecule has 148 valence electrons. The van der Waals surface area contributed by atoms with Crippen molar-refractivity contribution >= 4 is 17.6 Å². The lowest BCUT2D eigenvalue weighted by molar-refractivity contribution is -0.141. The number of hydrogen-bond donors (Lipinski definition) is 2. The average molecular weight is 375 g/mol. The van der Waals surface area contributed by atoms with Gasteiger partial charge in [0.05, 0.1) is 6.61 Å². The molecule has 2 aliphatic rings. The van der Waals surface area contributed by atoms with Crippen molar-refractivity contribution in [3.05, 3.63) is 23.8 Å². The van der Waals surface area contributed by atoms with E-state index in [-0.39, 0.29) is 11.9 Å². The van der Waals surface area contributed by atoms with Crippen LogP contribution in [0.25, 0.3) is 0 Å². The maximum atomic E-state index is 11.5. The number of esters is 1. The van der Waals surface area contributed by atoms with Gasteiger partial charge in [-0.2, -0.15) is 0 Å². The lowest BCUT2D eigenvalue weighted by atomic mass is 10.0. The van der Waals surface area contributed by atoms with Crippen LogP contribution >= 0.6 is 0 Å². The molecule has 1 saturated heterocycles. The predicted molar refractivity (Wildman–Crippen MR) is 103 cm³/mol. The molecule has 0 spiro atoms. The number of carbonyl (C=O) groups excluding carboxylic acids is 2. The van der Waals surface area contributed by atoms with Gasteiger partial charge in [-0.05, 0) is 31.4 Å². The first-order valence-corrected chi connectivity index (χ1v) is 9.76. The first kappa shape index (κ1) is 19.6. The summed E-state index contributed by atoms with van der Waals surface area (Å²) < 4.78 is 11.1. The Balaban J connectivity index is 1.44. The third kappa shape index (κ3) is 5.68. The molecule has 1 fully saturated rings. The number of amides is 1. The normalized spacial score (nSPS) is 19.9. The van der Waals surface area contributed by atoms with Gasteiger partial charge in [-0.25, -0.2) is 0 Å². The Labute approximate surface area is 160 Å². The van der Waals surface area contributed by atoms with E-state index in [9.17, 15) is 9.59 Å². The molecule has 2 aliphatic heterocycles. The first-order valence-electron chi connectivity index (χ1n) is 9.76. The van der Waals surface area contributed by atoms with Crippen molar-refractivity contribution in [2.45, 2.75) is 38.6 Å². The molecule has 0 aliphatic carbocycles. The number of benzene rings is 1. The highest BCUT2D eigenvalue weighted by atomic mass is 16.5. The second-order valence-corrected chi connectivity index (χ2v) is 7.06. The van der Waals surface area contributed by atoms with Crippen LogP contribution in [-0.4, -0.2) is 62.2 Å². The number of ether oxygens (including phenoxy) is 2. The van der Waals surface area contributed by atoms with Gasteiger partial charge in [0, 0.05) is 56.8 Å². The fourth-order valence-corrected chi connectivity index (χ4v) is 3.72. The average Bonchev–Trinajstić information content (AvgIpc) is 2.65. The van der Waals surface area contributed by atoms with Crippen molar-refractivity contribution in [1.29, 1.82) is 0 Å². The van der Waals surface area contributed by atoms with E-state index in [4.69, 9.17) is 9.47 Å². The lowest BCUT2D eigenvalue weighted by Gasteiger charge is -2.36. The second-order valence-electron chi connectivity index (χ2n) is 7.06. The molecule has 1 unspecified atom stereocenters. The van der Waals surface area contributed by atoms with Gasteiger partial charge in [0.25, 0.3) is 0 Å². The van der Waals surface area contributed by atoms with Crippen LogP contribution in [0.4, 0.5) is 5.69 Å². The summed E-state index contributed by atoms with van der Waals surface area (Å²) >= 11 is 0. The molecule has 27 heavy (non-hydrogen) atoms. The number of piperazine rings is 1. The molecule has 1 aromatic rings. The fraction of sp³-hybridized carbons (Fsp3) is 0.600. The Morgan fingerprint density at radius 1 is 1.30 bits per heavy atom. The van der Waals surface area contributed by atoms with Gasteiger partial charge in [-0.3, -0.25) is 14.5 Å². The summed E-state index contributed by atoms with van der Waals surface area (Å²) in [5.41, 5.74) is 1.97. The van der Waals surface area contributed by atoms with Crippen LogP contribution in [0.1, 0.15) is 31.7 Å². The van der Waals surface area contributed by atoms with Crippen LogP contribution in [0.3, 0.4) is 0 Å². The summed E-state index contributed by atoms with van der Waals surface area (Å²) in [4.78, 5) is 24.9. The van der Waals surface area contributed by atoms with E-state index in [0.29, 0.717) is 25.7 Å². The number of nitrogens with one attached hydrogen (secondary N) is 2. The molecule has 7 nitrogen and oxygen atoms in total. The monoisotopic (exact) mass is 375 g/mol. The van der Waals surface area contributed by atoms with Crippen LogP contribution in [0.2, 0.25) is 0 Å². The summed E-state index contributed by atoms with van der Waals surface area (Å²) in [6, 6.07) is 6.25. The van der Waals surface area contributed by atoms with Gasteiger partial charge in [-0.15, -0.1) is 0 Å². The van der Waals surface area contributed by atoms with Crippen LogP contribution < -0.4 is 15.4 Å². The van der Waals surface area contributed by atoms with E-state index in [0.717, 1.165) is 62.4 Å². The molecule has 1 aromatic carbocycles. The van der Waals surface area contributed by atoms with E-state index >= 15 is 0 Å². The van der Waals surface area contributed by atoms with Gasteiger partial charge >= 0.3 is 5.97 Å². The molecule has 0 bridgehead atoms. The van der Waals surface area contributed by atoms with Gasteiger partial charge in [0.15, 0.2) is 0 Å². The Bertz CT molecular complexity index is 665. The molecular formula is C20H29N3O4. The summed E-state index contributed by atoms with van der Waals surface area (Å²) in [5.74, 6) is 0.719. The van der Waals surface area contributed by atoms with E-state index < -0.39 is 0 Å². The molecule has 2 heterocycles. The largest absolute Gasteiger partial charge is 0.493 e. The smallest absolute Gasteiger partial charge is 0.302 e. The van der Waals surface area contributed by atoms with Crippen molar-refractivity contribution in [2.24, 2.45) is 0 Å². The maximum Gasteiger partial charge on any atom is 0.302 e. The van der Waals surface area contributed by atoms with Crippen molar-refractivity contribution in [2.75, 3.05) is 44.7 Å². The highest BCUT2D eigenvalue weighted by Crippen LogP contribution is 2.31. The number of rotatable bonds is 8. The zero-order valence-electron chi connectivity index (χ0n) is 16.0. The quantitative estimate of drug-likeness (QED) is 0.530. The van der Waals surface area contributed by atoms with E-state index in [1.165, 1.54) is 6.92 Å². The Morgan fingerprint density at radius 2 is 2.19 bits per heavy atom. The summed E-state index contributed by atoms with van der Waals surface area (Å²) in [6.07, 6.45) is 3.22. The van der Waals surface area contributed by atoms with Crippen molar-refractivity contribution in [3.8, 4) is 5.75 Å². The molecule has 0 radical (unpaired) electrons. The molecule has 1 amide bonds. The van der Waals surface area contributed by atoms with Gasteiger partial charge < -0.3 is 20.1 Å². The second kappa shape index (κ2) is 9.71. The van der Waals surface area contributed by atoms with E-state index in [1.807, 2.05) is 18.2 Å². The van der Waals surface area contributed by atoms with Gasteiger partial charge in [-0.1, -0.05) is 6.07 Å². The number of hydrogen-bond acceptors (Lipinski definition) is 6. The lowest BCUT2D eigenvalue weighted by Crippen LogP contribution is -2.52. The molecule has 0 aromatic heterocycles. The zero-order valence-corrected chi connectivity index (χ0v) is 16.0. The van der Waals surface area contributed by atoms with Gasteiger partial charge in [0.1, 0.15) is 12.4 Å². The number of fused-ring (bicyclic) bond motifs is 1. The Hall–Kier alpha value is -2.12. The third-order valence-electron chi connectivity index (χ3n) is 5.10. The predicted octanol–water partition coefficient (Wildman–Crippen LogP) is 1.57. The molecule has 0 saturated carbocycles. The standard InChI is InChI=1S/C20H29N3O4/c1-15(24)26-13-11-23-10-9-21-14-16(23)4-3-12-27-19-6-2-5-18-17(19)7-8-20(25)22-18/h2,5-6,16,21H,3-4,7-14H2,1H3,(H,22,25). The zero-order chi connectivity index (χ0) is 19.1. The Morgan fingerprint density at radius 3 is 3.04 bits per heavy atom. The highest BCUT2D eigenvalue weighted by molar-refractivity contribution is 5.94. The minimum atomic E-state index is -0.225. The minimum absolute atomic E-state index is 0.0679. The third-order valence-corrected chi connectivity index (χ3v) is 5.10. The Kier molecular flexibility index (Phi) is 7.06. The number of anilines is 1. The molecule has 3 rings (SSSR count). The van der Waals surface area contributed by atoms with Crippen LogP contribution in [0, 0.1) is 0 Å². The summed E-state index contributed by atoms with van der Waals surface area (Å²) in [7, 11) is 0. The minimum Gasteiger partial charge on any atom is -0.493 e. The van der Waals surface area contributed by atoms with Crippen molar-refractivity contribution in [1.82, 2.24) is 10.2 Å². The highest BCUT2D eigenvalue weighted by Gasteiger charge is 2.22. The summed E-state index contributed by atoms with van der Waals surface area (Å²) in [5, 5.41) is 6.34.